The molecule has 0 radical (unpaired) electrons. The summed E-state index contributed by atoms with van der Waals surface area (Å²) >= 11 is 0. The highest BCUT2D eigenvalue weighted by Gasteiger charge is 2.62. The zero-order valence-electron chi connectivity index (χ0n) is 17.4. The lowest BCUT2D eigenvalue weighted by atomic mass is 10.1. The second-order valence-corrected chi connectivity index (χ2v) is 11.0. The van der Waals surface area contributed by atoms with Crippen LogP contribution in [0.1, 0.15) is 51.4 Å². The van der Waals surface area contributed by atoms with Crippen molar-refractivity contribution in [2.45, 2.75) is 74.3 Å². The van der Waals surface area contributed by atoms with E-state index in [1.54, 1.807) is 0 Å². The number of hydrogen-bond donors (Lipinski definition) is 4. The van der Waals surface area contributed by atoms with Crippen LogP contribution < -0.4 is 15.4 Å². The number of amides is 4. The zero-order chi connectivity index (χ0) is 22.2. The molecule has 0 bridgehead atoms. The van der Waals surface area contributed by atoms with Crippen LogP contribution in [0.5, 0.6) is 0 Å². The van der Waals surface area contributed by atoms with Crippen molar-refractivity contribution in [3.63, 3.8) is 0 Å². The van der Waals surface area contributed by atoms with Crippen molar-refractivity contribution in [2.24, 2.45) is 5.92 Å². The van der Waals surface area contributed by atoms with E-state index in [0.29, 0.717) is 25.8 Å². The first kappa shape index (κ1) is 22.1. The summed E-state index contributed by atoms with van der Waals surface area (Å²) in [6, 6.07) is -1.35. The van der Waals surface area contributed by atoms with Crippen LogP contribution in [0.25, 0.3) is 0 Å². The monoisotopic (exact) mass is 454 g/mol. The topological polar surface area (TPSA) is 145 Å². The van der Waals surface area contributed by atoms with Crippen LogP contribution in [0.4, 0.5) is 4.79 Å². The van der Waals surface area contributed by atoms with Crippen LogP contribution in [0.2, 0.25) is 0 Å². The first-order chi connectivity index (χ1) is 14.7. The Labute approximate surface area is 181 Å². The van der Waals surface area contributed by atoms with Gasteiger partial charge in [0.05, 0.1) is 11.4 Å². The van der Waals surface area contributed by atoms with E-state index in [-0.39, 0.29) is 18.9 Å². The number of fused-ring (bicyclic) bond motifs is 2. The summed E-state index contributed by atoms with van der Waals surface area (Å²) in [6.07, 6.45) is 7.86. The third-order valence-electron chi connectivity index (χ3n) is 6.50. The molecule has 1 saturated heterocycles. The first-order valence-corrected chi connectivity index (χ1v) is 12.5. The molecule has 31 heavy (non-hydrogen) atoms. The number of nitrogens with zero attached hydrogens (tertiary/aromatic N) is 1. The number of carbonyl (C=O) groups excluding carboxylic acids is 3. The SMILES string of the molecule is O=C1NC2(C(=O)NS(=O)(=O)C3CC3)CC2/C=C\CCCCCNC(=O)N2CC(O)CC12. The number of sulfonamides is 1. The number of allylic oxidation sites excluding steroid dienone is 1. The summed E-state index contributed by atoms with van der Waals surface area (Å²) in [7, 11) is -3.75. The Morgan fingerprint density at radius 2 is 2.00 bits per heavy atom. The van der Waals surface area contributed by atoms with Crippen molar-refractivity contribution in [3.05, 3.63) is 12.2 Å². The van der Waals surface area contributed by atoms with Gasteiger partial charge < -0.3 is 20.6 Å². The number of carbonyl (C=O) groups is 3. The molecule has 2 heterocycles. The summed E-state index contributed by atoms with van der Waals surface area (Å²) in [6.45, 7) is 0.514. The molecule has 3 fully saturated rings. The second kappa shape index (κ2) is 8.42. The van der Waals surface area contributed by atoms with Gasteiger partial charge in [0.25, 0.3) is 5.91 Å². The standard InChI is InChI=1S/C20H30N4O6S/c25-14-10-16-17(26)22-20(18(27)23-31(29,30)15-7-8-15)11-13(20)6-4-2-1-3-5-9-21-19(28)24(16)12-14/h4,6,13-16,25H,1-3,5,7-12H2,(H,21,28)(H,22,26)(H,23,27)/b6-4-. The van der Waals surface area contributed by atoms with E-state index in [1.165, 1.54) is 4.90 Å². The maximum atomic E-state index is 13.1. The highest BCUT2D eigenvalue weighted by Crippen LogP contribution is 2.46. The molecule has 4 amide bonds. The maximum Gasteiger partial charge on any atom is 0.318 e. The molecule has 0 aromatic carbocycles. The van der Waals surface area contributed by atoms with Gasteiger partial charge in [0.15, 0.2) is 0 Å². The van der Waals surface area contributed by atoms with Crippen molar-refractivity contribution < 1.29 is 27.9 Å². The molecule has 0 aromatic rings. The summed E-state index contributed by atoms with van der Waals surface area (Å²) in [5.74, 6) is -1.61. The lowest BCUT2D eigenvalue weighted by Crippen LogP contribution is -2.57. The molecule has 4 aliphatic rings. The number of aliphatic hydroxyl groups excluding tert-OH is 1. The van der Waals surface area contributed by atoms with Crippen molar-refractivity contribution in [3.8, 4) is 0 Å². The number of urea groups is 1. The Morgan fingerprint density at radius 3 is 2.74 bits per heavy atom. The van der Waals surface area contributed by atoms with E-state index >= 15 is 0 Å². The molecule has 10 nitrogen and oxygen atoms in total. The van der Waals surface area contributed by atoms with Gasteiger partial charge in [-0.15, -0.1) is 0 Å². The lowest BCUT2D eigenvalue weighted by Gasteiger charge is -2.26. The smallest absolute Gasteiger partial charge is 0.318 e. The largest absolute Gasteiger partial charge is 0.391 e. The van der Waals surface area contributed by atoms with E-state index in [2.05, 4.69) is 15.4 Å². The predicted octanol–water partition coefficient (Wildman–Crippen LogP) is -0.255. The average Bonchev–Trinajstić information content (AvgIpc) is 3.61. The van der Waals surface area contributed by atoms with Gasteiger partial charge in [-0.05, 0) is 38.5 Å². The van der Waals surface area contributed by atoms with Crippen LogP contribution in [0, 0.1) is 5.92 Å². The molecule has 2 aliphatic heterocycles. The van der Waals surface area contributed by atoms with E-state index in [1.807, 2.05) is 12.2 Å². The molecule has 0 aromatic heterocycles. The zero-order valence-corrected chi connectivity index (χ0v) is 18.2. The predicted molar refractivity (Wildman–Crippen MR) is 111 cm³/mol. The van der Waals surface area contributed by atoms with Gasteiger partial charge in [-0.3, -0.25) is 14.3 Å². The molecule has 2 saturated carbocycles. The summed E-state index contributed by atoms with van der Waals surface area (Å²) in [4.78, 5) is 39.9. The van der Waals surface area contributed by atoms with E-state index in [0.717, 1.165) is 25.7 Å². The molecular weight excluding hydrogens is 424 g/mol. The molecule has 4 atom stereocenters. The summed E-state index contributed by atoms with van der Waals surface area (Å²) in [5, 5.41) is 15.0. The van der Waals surface area contributed by atoms with Crippen molar-refractivity contribution in [1.29, 1.82) is 0 Å². The number of rotatable bonds is 3. The lowest BCUT2D eigenvalue weighted by molar-refractivity contribution is -0.131. The third kappa shape index (κ3) is 4.72. The van der Waals surface area contributed by atoms with Gasteiger partial charge in [-0.25, -0.2) is 13.2 Å². The molecule has 4 N–H and O–H groups in total. The first-order valence-electron chi connectivity index (χ1n) is 11.0. The molecule has 4 unspecified atom stereocenters. The number of aliphatic hydroxyl groups is 1. The molecular formula is C20H30N4O6S. The van der Waals surface area contributed by atoms with E-state index in [4.69, 9.17) is 0 Å². The fourth-order valence-corrected chi connectivity index (χ4v) is 5.74. The normalized spacial score (nSPS) is 35.5. The van der Waals surface area contributed by atoms with Crippen LogP contribution in [-0.4, -0.2) is 72.3 Å². The minimum atomic E-state index is -3.75. The maximum absolute atomic E-state index is 13.1. The third-order valence-corrected chi connectivity index (χ3v) is 8.32. The van der Waals surface area contributed by atoms with Gasteiger partial charge in [0.1, 0.15) is 11.6 Å². The van der Waals surface area contributed by atoms with Gasteiger partial charge in [0, 0.05) is 25.4 Å². The number of nitrogens with one attached hydrogen (secondary N) is 3. The number of hydrogen-bond acceptors (Lipinski definition) is 6. The van der Waals surface area contributed by atoms with Gasteiger partial charge in [0.2, 0.25) is 15.9 Å². The highest BCUT2D eigenvalue weighted by molar-refractivity contribution is 7.91. The Balaban J connectivity index is 1.56. The minimum Gasteiger partial charge on any atom is -0.391 e. The van der Waals surface area contributed by atoms with E-state index < -0.39 is 50.8 Å². The quantitative estimate of drug-likeness (QED) is 0.433. The second-order valence-electron chi connectivity index (χ2n) is 9.01. The van der Waals surface area contributed by atoms with Crippen molar-refractivity contribution in [2.75, 3.05) is 13.1 Å². The van der Waals surface area contributed by atoms with Crippen LogP contribution >= 0.6 is 0 Å². The van der Waals surface area contributed by atoms with Crippen molar-refractivity contribution >= 4 is 27.9 Å². The molecule has 4 rings (SSSR count). The highest BCUT2D eigenvalue weighted by atomic mass is 32.2. The minimum absolute atomic E-state index is 0.0303. The summed E-state index contributed by atoms with van der Waals surface area (Å²) < 4.78 is 26.8. The average molecular weight is 455 g/mol. The van der Waals surface area contributed by atoms with Crippen LogP contribution in [-0.2, 0) is 19.6 Å². The van der Waals surface area contributed by atoms with Gasteiger partial charge in [-0.2, -0.15) is 0 Å². The van der Waals surface area contributed by atoms with Gasteiger partial charge in [-0.1, -0.05) is 18.6 Å². The molecule has 0 spiro atoms. The van der Waals surface area contributed by atoms with Gasteiger partial charge >= 0.3 is 6.03 Å². The Hall–Kier alpha value is -2.14. The van der Waals surface area contributed by atoms with Crippen LogP contribution in [0.3, 0.4) is 0 Å². The molecule has 172 valence electrons. The van der Waals surface area contributed by atoms with E-state index in [9.17, 15) is 27.9 Å². The Kier molecular flexibility index (Phi) is 5.99. The van der Waals surface area contributed by atoms with Crippen molar-refractivity contribution in [1.82, 2.24) is 20.3 Å². The van der Waals surface area contributed by atoms with Crippen LogP contribution in [0.15, 0.2) is 12.2 Å². The molecule has 11 heteroatoms. The Bertz CT molecular complexity index is 886. The Morgan fingerprint density at radius 1 is 1.23 bits per heavy atom. The fraction of sp³-hybridized carbons (Fsp3) is 0.750. The fourth-order valence-electron chi connectivity index (χ4n) is 4.38. The summed E-state index contributed by atoms with van der Waals surface area (Å²) in [5.41, 5.74) is -1.36. The molecule has 2 aliphatic carbocycles.